The third-order valence-electron chi connectivity index (χ3n) is 4.36. The van der Waals surface area contributed by atoms with Crippen LogP contribution in [0.15, 0.2) is 47.1 Å². The van der Waals surface area contributed by atoms with Crippen molar-refractivity contribution in [3.63, 3.8) is 0 Å². The van der Waals surface area contributed by atoms with Gasteiger partial charge in [-0.2, -0.15) is 4.98 Å². The van der Waals surface area contributed by atoms with Crippen LogP contribution in [-0.2, 0) is 6.54 Å². The van der Waals surface area contributed by atoms with Crippen molar-refractivity contribution in [2.75, 3.05) is 0 Å². The van der Waals surface area contributed by atoms with Crippen LogP contribution in [-0.4, -0.2) is 41.9 Å². The monoisotopic (exact) mass is 474 g/mol. The van der Waals surface area contributed by atoms with E-state index in [2.05, 4.69) is 29.9 Å². The van der Waals surface area contributed by atoms with Gasteiger partial charge in [0.05, 0.1) is 6.54 Å². The van der Waals surface area contributed by atoms with Crippen LogP contribution in [0.1, 0.15) is 32.2 Å². The van der Waals surface area contributed by atoms with Gasteiger partial charge < -0.3 is 14.0 Å². The zero-order chi connectivity index (χ0) is 24.5. The highest BCUT2D eigenvalue weighted by atomic mass is 19.4. The first kappa shape index (κ1) is 23.2. The summed E-state index contributed by atoms with van der Waals surface area (Å²) >= 11 is 0. The molecular formula is C22H21F3N6O3. The topological polar surface area (TPSA) is 101 Å². The van der Waals surface area contributed by atoms with Crippen molar-refractivity contribution in [3.05, 3.63) is 54.0 Å². The lowest BCUT2D eigenvalue weighted by Crippen LogP contribution is -2.23. The third kappa shape index (κ3) is 5.88. The largest absolute Gasteiger partial charge is 0.573 e. The number of halogens is 3. The minimum absolute atomic E-state index is 0.0824. The lowest BCUT2D eigenvalue weighted by Gasteiger charge is -2.20. The lowest BCUT2D eigenvalue weighted by molar-refractivity contribution is -0.274. The number of alkyl halides is 3. The maximum absolute atomic E-state index is 12.3. The predicted molar refractivity (Wildman–Crippen MR) is 114 cm³/mol. The SMILES string of the molecule is Cc1nc(-c2nc(-c3ccc(OC(F)(F)F)cc3)no2)nn1Cc1ccnc(OC(C)(C)C)c1. The van der Waals surface area contributed by atoms with Crippen LogP contribution in [0.3, 0.4) is 0 Å². The van der Waals surface area contributed by atoms with E-state index in [-0.39, 0.29) is 28.9 Å². The van der Waals surface area contributed by atoms with Crippen LogP contribution in [0, 0.1) is 6.92 Å². The molecule has 4 rings (SSSR count). The lowest BCUT2D eigenvalue weighted by atomic mass is 10.2. The summed E-state index contributed by atoms with van der Waals surface area (Å²) in [6.07, 6.45) is -3.10. The average molecular weight is 474 g/mol. The molecule has 0 saturated carbocycles. The number of hydrogen-bond donors (Lipinski definition) is 0. The fourth-order valence-corrected chi connectivity index (χ4v) is 2.99. The highest BCUT2D eigenvalue weighted by molar-refractivity contribution is 5.57. The molecule has 0 unspecified atom stereocenters. The molecule has 178 valence electrons. The zero-order valence-corrected chi connectivity index (χ0v) is 18.8. The second-order valence-corrected chi connectivity index (χ2v) is 8.35. The van der Waals surface area contributed by atoms with Gasteiger partial charge in [0.2, 0.25) is 17.5 Å². The van der Waals surface area contributed by atoms with Gasteiger partial charge in [0.1, 0.15) is 17.2 Å². The van der Waals surface area contributed by atoms with Crippen molar-refractivity contribution in [1.29, 1.82) is 0 Å². The van der Waals surface area contributed by atoms with E-state index in [0.29, 0.717) is 23.8 Å². The molecule has 3 heterocycles. The van der Waals surface area contributed by atoms with Gasteiger partial charge in [0.15, 0.2) is 0 Å². The quantitative estimate of drug-likeness (QED) is 0.392. The van der Waals surface area contributed by atoms with E-state index in [9.17, 15) is 13.2 Å². The fourth-order valence-electron chi connectivity index (χ4n) is 2.99. The number of aryl methyl sites for hydroxylation is 1. The van der Waals surface area contributed by atoms with Crippen molar-refractivity contribution in [1.82, 2.24) is 29.9 Å². The number of nitrogens with zero attached hydrogens (tertiary/aromatic N) is 6. The number of benzene rings is 1. The first-order valence-electron chi connectivity index (χ1n) is 10.2. The summed E-state index contributed by atoms with van der Waals surface area (Å²) in [6, 6.07) is 8.82. The van der Waals surface area contributed by atoms with Crippen LogP contribution < -0.4 is 9.47 Å². The standard InChI is InChI=1S/C22H21F3N6O3/c1-13-27-19(29-31(13)12-14-9-10-26-17(11-14)33-21(2,3)4)20-28-18(30-34-20)15-5-7-16(8-6-15)32-22(23,24)25/h5-11H,12H2,1-4H3. The molecule has 0 fully saturated rings. The maximum atomic E-state index is 12.3. The zero-order valence-electron chi connectivity index (χ0n) is 18.8. The molecule has 3 aromatic heterocycles. The van der Waals surface area contributed by atoms with Gasteiger partial charge in [-0.05, 0) is 63.6 Å². The number of aromatic nitrogens is 6. The van der Waals surface area contributed by atoms with Gasteiger partial charge >= 0.3 is 6.36 Å². The van der Waals surface area contributed by atoms with E-state index in [1.54, 1.807) is 17.8 Å². The average Bonchev–Trinajstić information content (AvgIpc) is 3.34. The van der Waals surface area contributed by atoms with E-state index in [1.807, 2.05) is 32.9 Å². The van der Waals surface area contributed by atoms with Gasteiger partial charge in [0, 0.05) is 17.8 Å². The Morgan fingerprint density at radius 1 is 0.971 bits per heavy atom. The molecule has 0 aliphatic rings. The van der Waals surface area contributed by atoms with Gasteiger partial charge in [-0.1, -0.05) is 5.16 Å². The Hall–Kier alpha value is -3.96. The number of rotatable bonds is 6. The second-order valence-electron chi connectivity index (χ2n) is 8.35. The predicted octanol–water partition coefficient (Wildman–Crippen LogP) is 4.82. The molecule has 0 radical (unpaired) electrons. The molecule has 9 nitrogen and oxygen atoms in total. The summed E-state index contributed by atoms with van der Waals surface area (Å²) in [5, 5.41) is 8.32. The smallest absolute Gasteiger partial charge is 0.472 e. The maximum Gasteiger partial charge on any atom is 0.573 e. The second kappa shape index (κ2) is 8.76. The molecule has 34 heavy (non-hydrogen) atoms. The van der Waals surface area contributed by atoms with Gasteiger partial charge in [0.25, 0.3) is 5.89 Å². The Bertz CT molecular complexity index is 1280. The van der Waals surface area contributed by atoms with Crippen molar-refractivity contribution in [2.45, 2.75) is 46.2 Å². The molecule has 1 aromatic carbocycles. The van der Waals surface area contributed by atoms with Crippen LogP contribution >= 0.6 is 0 Å². The van der Waals surface area contributed by atoms with Crippen LogP contribution in [0.4, 0.5) is 13.2 Å². The molecule has 0 saturated heterocycles. The van der Waals surface area contributed by atoms with Crippen molar-refractivity contribution in [3.8, 4) is 34.7 Å². The Kier molecular flexibility index (Phi) is 5.98. The number of pyridine rings is 1. The minimum atomic E-state index is -4.76. The normalized spacial score (nSPS) is 12.1. The van der Waals surface area contributed by atoms with Crippen molar-refractivity contribution in [2.24, 2.45) is 0 Å². The molecule has 0 bridgehead atoms. The molecule has 4 aromatic rings. The number of hydrogen-bond acceptors (Lipinski definition) is 8. The van der Waals surface area contributed by atoms with Gasteiger partial charge in [-0.3, -0.25) is 0 Å². The van der Waals surface area contributed by atoms with Gasteiger partial charge in [-0.15, -0.1) is 18.3 Å². The molecule has 0 aliphatic heterocycles. The summed E-state index contributed by atoms with van der Waals surface area (Å²) in [5.41, 5.74) is 0.994. The first-order chi connectivity index (χ1) is 15.9. The van der Waals surface area contributed by atoms with Crippen LogP contribution in [0.2, 0.25) is 0 Å². The third-order valence-corrected chi connectivity index (χ3v) is 4.36. The molecule has 0 aliphatic carbocycles. The minimum Gasteiger partial charge on any atom is -0.472 e. The molecular weight excluding hydrogens is 453 g/mol. The molecule has 0 N–H and O–H groups in total. The highest BCUT2D eigenvalue weighted by Gasteiger charge is 2.31. The van der Waals surface area contributed by atoms with E-state index in [4.69, 9.17) is 9.26 Å². The Labute approximate surface area is 192 Å². The Morgan fingerprint density at radius 3 is 2.38 bits per heavy atom. The van der Waals surface area contributed by atoms with Gasteiger partial charge in [-0.25, -0.2) is 14.6 Å². The number of ether oxygens (including phenoxy) is 2. The summed E-state index contributed by atoms with van der Waals surface area (Å²) in [4.78, 5) is 12.9. The van der Waals surface area contributed by atoms with E-state index >= 15 is 0 Å². The Balaban J connectivity index is 1.50. The summed E-state index contributed by atoms with van der Waals surface area (Å²) in [6.45, 7) is 8.04. The summed E-state index contributed by atoms with van der Waals surface area (Å²) in [7, 11) is 0. The Morgan fingerprint density at radius 2 is 1.71 bits per heavy atom. The summed E-state index contributed by atoms with van der Waals surface area (Å²) < 4.78 is 53.6. The van der Waals surface area contributed by atoms with E-state index < -0.39 is 6.36 Å². The van der Waals surface area contributed by atoms with Crippen LogP contribution in [0.5, 0.6) is 11.6 Å². The molecule has 0 atom stereocenters. The van der Waals surface area contributed by atoms with E-state index in [1.165, 1.54) is 24.3 Å². The van der Waals surface area contributed by atoms with Crippen LogP contribution in [0.25, 0.3) is 23.1 Å². The fraction of sp³-hybridized carbons (Fsp3) is 0.318. The molecule has 0 amide bonds. The summed E-state index contributed by atoms with van der Waals surface area (Å²) in [5.74, 6) is 1.28. The molecule has 0 spiro atoms. The van der Waals surface area contributed by atoms with Crippen molar-refractivity contribution < 1.29 is 27.2 Å². The molecule has 12 heteroatoms. The highest BCUT2D eigenvalue weighted by Crippen LogP contribution is 2.26. The van der Waals surface area contributed by atoms with Crippen molar-refractivity contribution >= 4 is 0 Å². The first-order valence-corrected chi connectivity index (χ1v) is 10.2. The van der Waals surface area contributed by atoms with E-state index in [0.717, 1.165) is 5.56 Å².